The lowest BCUT2D eigenvalue weighted by molar-refractivity contribution is 1.14. The van der Waals surface area contributed by atoms with E-state index in [1.165, 1.54) is 0 Å². The fourth-order valence-electron chi connectivity index (χ4n) is 0.471. The third-order valence-corrected chi connectivity index (χ3v) is 1.46. The van der Waals surface area contributed by atoms with Gasteiger partial charge >= 0.3 is 0 Å². The lowest BCUT2D eigenvalue weighted by Crippen LogP contribution is -1.72. The Morgan fingerprint density at radius 1 is 0.933 bits per heavy atom. The number of allylic oxidation sites excluding steroid dienone is 5. The van der Waals surface area contributed by atoms with Crippen molar-refractivity contribution in [3.8, 4) is 0 Å². The molecule has 0 N–H and O–H groups in total. The van der Waals surface area contributed by atoms with Crippen LogP contribution in [0.4, 0.5) is 0 Å². The van der Waals surface area contributed by atoms with Gasteiger partial charge in [-0.2, -0.15) is 0 Å². The normalized spacial score (nSPS) is 7.93. The predicted molar refractivity (Wildman–Crippen MR) is 75.1 cm³/mol. The van der Waals surface area contributed by atoms with Gasteiger partial charge in [-0.05, 0) is 19.8 Å². The Hall–Kier alpha value is -1.30. The zero-order chi connectivity index (χ0) is 12.7. The quantitative estimate of drug-likeness (QED) is 0.422. The molecule has 0 aliphatic heterocycles. The van der Waals surface area contributed by atoms with Crippen LogP contribution in [-0.4, -0.2) is 0 Å². The highest BCUT2D eigenvalue weighted by atomic mass is 13.9. The summed E-state index contributed by atoms with van der Waals surface area (Å²) in [6, 6.07) is 0. The predicted octanol–water partition coefficient (Wildman–Crippen LogP) is 5.47. The van der Waals surface area contributed by atoms with E-state index in [2.05, 4.69) is 46.7 Å². The van der Waals surface area contributed by atoms with Crippen LogP contribution in [0.15, 0.2) is 62.3 Å². The molecule has 15 heavy (non-hydrogen) atoms. The minimum absolute atomic E-state index is 1.02. The SMILES string of the molecule is C=C.C=C(/C=C\C(=C)CC)CC.C=CC. The molecule has 0 fully saturated rings. The molecule has 0 heteroatoms. The number of hydrogen-bond donors (Lipinski definition) is 0. The Morgan fingerprint density at radius 3 is 1.27 bits per heavy atom. The van der Waals surface area contributed by atoms with Crippen LogP contribution in [0.3, 0.4) is 0 Å². The molecule has 0 aromatic carbocycles. The van der Waals surface area contributed by atoms with E-state index in [-0.39, 0.29) is 0 Å². The summed E-state index contributed by atoms with van der Waals surface area (Å²) in [4.78, 5) is 0. The summed E-state index contributed by atoms with van der Waals surface area (Å²) in [7, 11) is 0. The van der Waals surface area contributed by atoms with Crippen LogP contribution in [0, 0.1) is 0 Å². The molecular formula is C15H26. The fourth-order valence-corrected chi connectivity index (χ4v) is 0.471. The summed E-state index contributed by atoms with van der Waals surface area (Å²) < 4.78 is 0. The molecule has 0 rings (SSSR count). The molecule has 0 saturated heterocycles. The van der Waals surface area contributed by atoms with Crippen LogP contribution in [0.2, 0.25) is 0 Å². The first-order valence-corrected chi connectivity index (χ1v) is 5.22. The van der Waals surface area contributed by atoms with Crippen molar-refractivity contribution in [2.24, 2.45) is 0 Å². The van der Waals surface area contributed by atoms with Gasteiger partial charge in [-0.25, -0.2) is 0 Å². The number of rotatable bonds is 4. The van der Waals surface area contributed by atoms with Gasteiger partial charge < -0.3 is 0 Å². The van der Waals surface area contributed by atoms with Gasteiger partial charge in [-0.1, -0.05) is 56.4 Å². The van der Waals surface area contributed by atoms with Gasteiger partial charge in [0.2, 0.25) is 0 Å². The van der Waals surface area contributed by atoms with Crippen molar-refractivity contribution in [1.29, 1.82) is 0 Å². The zero-order valence-corrected chi connectivity index (χ0v) is 10.7. The second kappa shape index (κ2) is 18.5. The van der Waals surface area contributed by atoms with Crippen LogP contribution in [0.25, 0.3) is 0 Å². The van der Waals surface area contributed by atoms with Gasteiger partial charge in [-0.3, -0.25) is 0 Å². The molecule has 0 amide bonds. The van der Waals surface area contributed by atoms with E-state index < -0.39 is 0 Å². The molecule has 0 nitrogen and oxygen atoms in total. The van der Waals surface area contributed by atoms with Gasteiger partial charge in [0.25, 0.3) is 0 Å². The average molecular weight is 206 g/mol. The highest BCUT2D eigenvalue weighted by Gasteiger charge is 1.82. The van der Waals surface area contributed by atoms with Crippen molar-refractivity contribution >= 4 is 0 Å². The van der Waals surface area contributed by atoms with Gasteiger partial charge in [0.1, 0.15) is 0 Å². The summed E-state index contributed by atoms with van der Waals surface area (Å²) >= 11 is 0. The van der Waals surface area contributed by atoms with E-state index in [4.69, 9.17) is 0 Å². The van der Waals surface area contributed by atoms with Gasteiger partial charge in [-0.15, -0.1) is 19.7 Å². The van der Waals surface area contributed by atoms with E-state index in [9.17, 15) is 0 Å². The third kappa shape index (κ3) is 24.5. The van der Waals surface area contributed by atoms with Gasteiger partial charge in [0.05, 0.1) is 0 Å². The Bertz CT molecular complexity index is 176. The van der Waals surface area contributed by atoms with Crippen molar-refractivity contribution < 1.29 is 0 Å². The minimum Gasteiger partial charge on any atom is -0.106 e. The lowest BCUT2D eigenvalue weighted by atomic mass is 10.1. The van der Waals surface area contributed by atoms with E-state index in [1.807, 2.05) is 19.1 Å². The minimum atomic E-state index is 1.02. The summed E-state index contributed by atoms with van der Waals surface area (Å²) in [6.45, 7) is 23.2. The van der Waals surface area contributed by atoms with Crippen molar-refractivity contribution in [3.63, 3.8) is 0 Å². The molecule has 86 valence electrons. The van der Waals surface area contributed by atoms with Gasteiger partial charge in [0, 0.05) is 0 Å². The average Bonchev–Trinajstić information content (AvgIpc) is 2.29. The van der Waals surface area contributed by atoms with E-state index in [0.29, 0.717) is 0 Å². The molecule has 0 aromatic rings. The molecule has 0 radical (unpaired) electrons. The highest BCUT2D eigenvalue weighted by Crippen LogP contribution is 2.03. The van der Waals surface area contributed by atoms with Crippen LogP contribution < -0.4 is 0 Å². The van der Waals surface area contributed by atoms with Crippen molar-refractivity contribution in [3.05, 3.63) is 62.3 Å². The molecule has 0 aromatic heterocycles. The lowest BCUT2D eigenvalue weighted by Gasteiger charge is -1.93. The van der Waals surface area contributed by atoms with E-state index in [0.717, 1.165) is 24.0 Å². The second-order valence-corrected chi connectivity index (χ2v) is 2.77. The third-order valence-electron chi connectivity index (χ3n) is 1.46. The molecule has 0 saturated carbocycles. The maximum Gasteiger partial charge on any atom is -0.0313 e. The maximum atomic E-state index is 3.85. The second-order valence-electron chi connectivity index (χ2n) is 2.77. The molecule has 0 bridgehead atoms. The van der Waals surface area contributed by atoms with Crippen LogP contribution in [0.5, 0.6) is 0 Å². The smallest absolute Gasteiger partial charge is 0.0313 e. The standard InChI is InChI=1S/C10H16.C3H6.C2H4/c1-5-9(3)7-8-10(4)6-2;1-3-2;1-2/h7-8H,3-6H2,1-2H3;3H,1H2,2H3;1-2H2/b8-7-;;. The van der Waals surface area contributed by atoms with Crippen molar-refractivity contribution in [2.75, 3.05) is 0 Å². The number of hydrogen-bond acceptors (Lipinski definition) is 0. The summed E-state index contributed by atoms with van der Waals surface area (Å²) in [5.41, 5.74) is 2.32. The van der Waals surface area contributed by atoms with Crippen LogP contribution >= 0.6 is 0 Å². The van der Waals surface area contributed by atoms with Crippen molar-refractivity contribution in [2.45, 2.75) is 33.6 Å². The molecule has 0 aliphatic rings. The Labute approximate surface area is 96.4 Å². The molecular weight excluding hydrogens is 180 g/mol. The molecule has 0 spiro atoms. The Balaban J connectivity index is -0.000000245. The summed E-state index contributed by atoms with van der Waals surface area (Å²) in [5.74, 6) is 0. The first-order valence-electron chi connectivity index (χ1n) is 5.22. The van der Waals surface area contributed by atoms with Crippen molar-refractivity contribution in [1.82, 2.24) is 0 Å². The zero-order valence-electron chi connectivity index (χ0n) is 10.7. The van der Waals surface area contributed by atoms with E-state index >= 15 is 0 Å². The molecule has 0 atom stereocenters. The summed E-state index contributed by atoms with van der Waals surface area (Å²) in [5, 5.41) is 0. The molecule has 0 unspecified atom stereocenters. The fraction of sp³-hybridized carbons (Fsp3) is 0.333. The largest absolute Gasteiger partial charge is 0.106 e. The van der Waals surface area contributed by atoms with Crippen LogP contribution in [0.1, 0.15) is 33.6 Å². The Morgan fingerprint density at radius 2 is 1.13 bits per heavy atom. The monoisotopic (exact) mass is 206 g/mol. The van der Waals surface area contributed by atoms with Gasteiger partial charge in [0.15, 0.2) is 0 Å². The highest BCUT2D eigenvalue weighted by molar-refractivity contribution is 5.23. The summed E-state index contributed by atoms with van der Waals surface area (Å²) in [6.07, 6.45) is 7.86. The maximum absolute atomic E-state index is 3.85. The topological polar surface area (TPSA) is 0 Å². The Kier molecular flexibility index (Phi) is 23.8. The van der Waals surface area contributed by atoms with E-state index in [1.54, 1.807) is 6.08 Å². The first-order chi connectivity index (χ1) is 7.12. The molecule has 0 heterocycles. The molecule has 0 aliphatic carbocycles. The van der Waals surface area contributed by atoms with Crippen LogP contribution in [-0.2, 0) is 0 Å². The first kappa shape index (κ1) is 19.3.